The lowest BCUT2D eigenvalue weighted by Gasteiger charge is -2.26. The van der Waals surface area contributed by atoms with Gasteiger partial charge in [0.25, 0.3) is 0 Å². The van der Waals surface area contributed by atoms with Crippen LogP contribution in [-0.2, 0) is 11.2 Å². The molecule has 2 aliphatic rings. The lowest BCUT2D eigenvalue weighted by Crippen LogP contribution is -2.50. The number of benzene rings is 1. The van der Waals surface area contributed by atoms with Gasteiger partial charge >= 0.3 is 5.97 Å². The standard InChI is InChI=1S/C14H17FN2O2/c15-10-2-3-11-9(7-10)1-4-12(11)17-6-5-14(16,8-17)13(18)19/h2-3,7,12H,1,4-6,8,16H2,(H,18,19). The van der Waals surface area contributed by atoms with Crippen LogP contribution < -0.4 is 5.73 Å². The Hall–Kier alpha value is -1.46. The Kier molecular flexibility index (Phi) is 2.83. The highest BCUT2D eigenvalue weighted by molar-refractivity contribution is 5.79. The van der Waals surface area contributed by atoms with Crippen LogP contribution in [0.5, 0.6) is 0 Å². The molecule has 0 saturated carbocycles. The van der Waals surface area contributed by atoms with Crippen LogP contribution in [0.2, 0.25) is 0 Å². The van der Waals surface area contributed by atoms with E-state index in [1.165, 1.54) is 6.07 Å². The van der Waals surface area contributed by atoms with Gasteiger partial charge in [-0.05, 0) is 42.5 Å². The molecular weight excluding hydrogens is 247 g/mol. The Morgan fingerprint density at radius 1 is 1.53 bits per heavy atom. The molecule has 2 unspecified atom stereocenters. The van der Waals surface area contributed by atoms with E-state index < -0.39 is 11.5 Å². The van der Waals surface area contributed by atoms with Crippen LogP contribution in [0.4, 0.5) is 4.39 Å². The van der Waals surface area contributed by atoms with Crippen molar-refractivity contribution in [1.29, 1.82) is 0 Å². The molecule has 0 spiro atoms. The van der Waals surface area contributed by atoms with E-state index in [1.54, 1.807) is 6.07 Å². The maximum atomic E-state index is 13.2. The molecule has 0 bridgehead atoms. The van der Waals surface area contributed by atoms with Crippen molar-refractivity contribution < 1.29 is 14.3 Å². The zero-order chi connectivity index (χ0) is 13.6. The Bertz CT molecular complexity index is 534. The van der Waals surface area contributed by atoms with Crippen molar-refractivity contribution >= 4 is 5.97 Å². The SMILES string of the molecule is NC1(C(=O)O)CCN(C2CCc3cc(F)ccc32)C1. The predicted octanol–water partition coefficient (Wildman–Crippen LogP) is 1.30. The molecule has 1 saturated heterocycles. The first kappa shape index (κ1) is 12.6. The second-order valence-corrected chi connectivity index (χ2v) is 5.58. The van der Waals surface area contributed by atoms with Crippen molar-refractivity contribution in [3.8, 4) is 0 Å². The molecule has 0 radical (unpaired) electrons. The molecule has 3 rings (SSSR count). The van der Waals surface area contributed by atoms with E-state index in [9.17, 15) is 9.18 Å². The van der Waals surface area contributed by atoms with Gasteiger partial charge in [-0.3, -0.25) is 9.69 Å². The summed E-state index contributed by atoms with van der Waals surface area (Å²) in [7, 11) is 0. The maximum absolute atomic E-state index is 13.2. The Labute approximate surface area is 111 Å². The summed E-state index contributed by atoms with van der Waals surface area (Å²) in [6, 6.07) is 5.05. The molecule has 0 aromatic heterocycles. The van der Waals surface area contributed by atoms with Gasteiger partial charge in [0.05, 0.1) is 0 Å². The molecular formula is C14H17FN2O2. The first-order chi connectivity index (χ1) is 8.99. The molecule has 1 aliphatic heterocycles. The number of likely N-dealkylation sites (tertiary alicyclic amines) is 1. The molecule has 4 nitrogen and oxygen atoms in total. The summed E-state index contributed by atoms with van der Waals surface area (Å²) < 4.78 is 13.2. The van der Waals surface area contributed by atoms with Crippen LogP contribution in [0.25, 0.3) is 0 Å². The summed E-state index contributed by atoms with van der Waals surface area (Å²) in [4.78, 5) is 13.3. The second kappa shape index (κ2) is 4.28. The van der Waals surface area contributed by atoms with Gasteiger partial charge in [0.15, 0.2) is 0 Å². The zero-order valence-corrected chi connectivity index (χ0v) is 10.6. The fraction of sp³-hybridized carbons (Fsp3) is 0.500. The largest absolute Gasteiger partial charge is 0.480 e. The number of aryl methyl sites for hydroxylation is 1. The number of fused-ring (bicyclic) bond motifs is 1. The summed E-state index contributed by atoms with van der Waals surface area (Å²) >= 11 is 0. The van der Waals surface area contributed by atoms with Gasteiger partial charge in [0, 0.05) is 19.1 Å². The number of carboxylic acids is 1. The molecule has 0 amide bonds. The summed E-state index contributed by atoms with van der Waals surface area (Å²) in [5.74, 6) is -1.15. The molecule has 1 fully saturated rings. The highest BCUT2D eigenvalue weighted by Crippen LogP contribution is 2.39. The third-order valence-electron chi connectivity index (χ3n) is 4.35. The monoisotopic (exact) mass is 264 g/mol. The van der Waals surface area contributed by atoms with Crippen LogP contribution in [0, 0.1) is 5.82 Å². The fourth-order valence-corrected chi connectivity index (χ4v) is 3.25. The molecule has 19 heavy (non-hydrogen) atoms. The van der Waals surface area contributed by atoms with Gasteiger partial charge in [0.1, 0.15) is 11.4 Å². The lowest BCUT2D eigenvalue weighted by atomic mass is 10.0. The van der Waals surface area contributed by atoms with Gasteiger partial charge in [-0.2, -0.15) is 0 Å². The van der Waals surface area contributed by atoms with E-state index in [4.69, 9.17) is 10.8 Å². The first-order valence-electron chi connectivity index (χ1n) is 6.54. The first-order valence-corrected chi connectivity index (χ1v) is 6.54. The third-order valence-corrected chi connectivity index (χ3v) is 4.35. The quantitative estimate of drug-likeness (QED) is 0.845. The molecule has 5 heteroatoms. The molecule has 1 aromatic carbocycles. The van der Waals surface area contributed by atoms with Crippen molar-refractivity contribution in [2.75, 3.05) is 13.1 Å². The molecule has 2 atom stereocenters. The van der Waals surface area contributed by atoms with E-state index in [0.29, 0.717) is 19.5 Å². The van der Waals surface area contributed by atoms with Crippen LogP contribution in [0.3, 0.4) is 0 Å². The van der Waals surface area contributed by atoms with Crippen molar-refractivity contribution in [2.45, 2.75) is 30.8 Å². The molecule has 102 valence electrons. The number of nitrogens with two attached hydrogens (primary N) is 1. The summed E-state index contributed by atoms with van der Waals surface area (Å²) in [5, 5.41) is 9.16. The van der Waals surface area contributed by atoms with E-state index in [2.05, 4.69) is 4.90 Å². The van der Waals surface area contributed by atoms with Gasteiger partial charge in [-0.25, -0.2) is 4.39 Å². The van der Waals surface area contributed by atoms with E-state index in [-0.39, 0.29) is 11.9 Å². The smallest absolute Gasteiger partial charge is 0.325 e. The second-order valence-electron chi connectivity index (χ2n) is 5.58. The molecule has 1 aromatic rings. The van der Waals surface area contributed by atoms with Crippen molar-refractivity contribution in [3.63, 3.8) is 0 Å². The van der Waals surface area contributed by atoms with Gasteiger partial charge < -0.3 is 10.8 Å². The average Bonchev–Trinajstić information content (AvgIpc) is 2.93. The maximum Gasteiger partial charge on any atom is 0.325 e. The van der Waals surface area contributed by atoms with Crippen LogP contribution in [-0.4, -0.2) is 34.6 Å². The number of halogens is 1. The number of hydrogen-bond donors (Lipinski definition) is 2. The van der Waals surface area contributed by atoms with Gasteiger partial charge in [-0.15, -0.1) is 0 Å². The van der Waals surface area contributed by atoms with Gasteiger partial charge in [-0.1, -0.05) is 6.07 Å². The molecule has 1 heterocycles. The van der Waals surface area contributed by atoms with Crippen molar-refractivity contribution in [1.82, 2.24) is 4.90 Å². The number of hydrogen-bond acceptors (Lipinski definition) is 3. The number of aliphatic carboxylic acids is 1. The summed E-state index contributed by atoms with van der Waals surface area (Å²) in [6.07, 6.45) is 2.22. The Balaban J connectivity index is 1.82. The Morgan fingerprint density at radius 3 is 3.00 bits per heavy atom. The summed E-state index contributed by atoms with van der Waals surface area (Å²) in [6.45, 7) is 1.05. The minimum absolute atomic E-state index is 0.181. The minimum atomic E-state index is -1.14. The summed E-state index contributed by atoms with van der Waals surface area (Å²) in [5.41, 5.74) is 6.92. The number of carbonyl (C=O) groups is 1. The fourth-order valence-electron chi connectivity index (χ4n) is 3.25. The zero-order valence-electron chi connectivity index (χ0n) is 10.6. The van der Waals surface area contributed by atoms with E-state index in [1.807, 2.05) is 6.07 Å². The number of carboxylic acid groups (broad SMARTS) is 1. The highest BCUT2D eigenvalue weighted by Gasteiger charge is 2.44. The normalized spacial score (nSPS) is 30.5. The van der Waals surface area contributed by atoms with Crippen molar-refractivity contribution in [2.24, 2.45) is 5.73 Å². The highest BCUT2D eigenvalue weighted by atomic mass is 19.1. The van der Waals surface area contributed by atoms with Gasteiger partial charge in [0.2, 0.25) is 0 Å². The third kappa shape index (κ3) is 2.03. The Morgan fingerprint density at radius 2 is 2.32 bits per heavy atom. The minimum Gasteiger partial charge on any atom is -0.480 e. The average molecular weight is 264 g/mol. The van der Waals surface area contributed by atoms with Crippen molar-refractivity contribution in [3.05, 3.63) is 35.1 Å². The topological polar surface area (TPSA) is 66.6 Å². The number of rotatable bonds is 2. The van der Waals surface area contributed by atoms with Crippen LogP contribution in [0.15, 0.2) is 18.2 Å². The molecule has 3 N–H and O–H groups in total. The van der Waals surface area contributed by atoms with E-state index >= 15 is 0 Å². The number of nitrogens with zero attached hydrogens (tertiary/aromatic N) is 1. The van der Waals surface area contributed by atoms with Crippen LogP contribution in [0.1, 0.15) is 30.0 Å². The van der Waals surface area contributed by atoms with Crippen LogP contribution >= 0.6 is 0 Å². The predicted molar refractivity (Wildman–Crippen MR) is 68.2 cm³/mol. The lowest BCUT2D eigenvalue weighted by molar-refractivity contribution is -0.142. The molecule has 1 aliphatic carbocycles. The van der Waals surface area contributed by atoms with E-state index in [0.717, 1.165) is 24.0 Å².